The van der Waals surface area contributed by atoms with Crippen LogP contribution in [-0.4, -0.2) is 55.9 Å². The van der Waals surface area contributed by atoms with Crippen LogP contribution in [0.3, 0.4) is 0 Å². The fraction of sp³-hybridized carbons (Fsp3) is 0.529. The number of hydrogen-bond donors (Lipinski definition) is 1. The first-order valence-corrected chi connectivity index (χ1v) is 8.95. The lowest BCUT2D eigenvalue weighted by atomic mass is 9.83. The molecule has 3 aliphatic heterocycles. The summed E-state index contributed by atoms with van der Waals surface area (Å²) in [6, 6.07) is 6.65. The number of pyridine rings is 1. The second kappa shape index (κ2) is 6.95. The van der Waals surface area contributed by atoms with Gasteiger partial charge in [0.25, 0.3) is 0 Å². The Morgan fingerprint density at radius 1 is 1.35 bits per heavy atom. The Kier molecular flexibility index (Phi) is 4.94. The summed E-state index contributed by atoms with van der Waals surface area (Å²) < 4.78 is 0. The molecular weight excluding hydrogens is 308 g/mol. The van der Waals surface area contributed by atoms with Gasteiger partial charge in [-0.2, -0.15) is 0 Å². The molecule has 1 unspecified atom stereocenters. The molecule has 2 bridgehead atoms. The van der Waals surface area contributed by atoms with Crippen molar-refractivity contribution >= 4 is 33.7 Å². The molecule has 0 aromatic carbocycles. The average molecular weight is 332 g/mol. The van der Waals surface area contributed by atoms with Crippen LogP contribution >= 0.6 is 11.3 Å². The van der Waals surface area contributed by atoms with Crippen LogP contribution in [0.2, 0.25) is 0 Å². The number of likely N-dealkylation sites (N-methyl/N-ethyl adjacent to an activating group) is 1. The van der Waals surface area contributed by atoms with Gasteiger partial charge in [0.15, 0.2) is 6.29 Å². The zero-order valence-electron chi connectivity index (χ0n) is 13.7. The average Bonchev–Trinajstić information content (AvgIpc) is 3.06. The van der Waals surface area contributed by atoms with Crippen LogP contribution < -0.4 is 10.6 Å². The van der Waals surface area contributed by atoms with Gasteiger partial charge in [0.2, 0.25) is 0 Å². The van der Waals surface area contributed by atoms with Gasteiger partial charge < -0.3 is 15.5 Å². The highest BCUT2D eigenvalue weighted by atomic mass is 32.1. The minimum atomic E-state index is 0.572. The first-order valence-electron chi connectivity index (χ1n) is 8.13. The standard InChI is InChI=1S/C16H19N3OS.CH5N/c1-18(14-9-19-6-4-11(14)5-7-19)15-3-2-12-8-13(10-20)21-16(12)17-15;1-2/h2-3,8,10-11,14H,4-7,9H2,1H3;2H2,1H3. The number of carbonyl (C=O) groups excluding carboxylic acids is 1. The van der Waals surface area contributed by atoms with E-state index in [1.165, 1.54) is 44.3 Å². The number of nitrogens with two attached hydrogens (primary N) is 1. The molecule has 23 heavy (non-hydrogen) atoms. The fourth-order valence-electron chi connectivity index (χ4n) is 3.72. The summed E-state index contributed by atoms with van der Waals surface area (Å²) in [6.45, 7) is 3.68. The van der Waals surface area contributed by atoms with Gasteiger partial charge in [-0.15, -0.1) is 11.3 Å². The van der Waals surface area contributed by atoms with E-state index in [-0.39, 0.29) is 0 Å². The Bertz CT molecular complexity index is 678. The van der Waals surface area contributed by atoms with Gasteiger partial charge in [-0.25, -0.2) is 4.98 Å². The van der Waals surface area contributed by atoms with Gasteiger partial charge in [-0.1, -0.05) is 0 Å². The van der Waals surface area contributed by atoms with Gasteiger partial charge in [0, 0.05) is 25.0 Å². The number of nitrogens with zero attached hydrogens (tertiary/aromatic N) is 3. The molecule has 5 nitrogen and oxygen atoms in total. The van der Waals surface area contributed by atoms with E-state index in [9.17, 15) is 4.79 Å². The van der Waals surface area contributed by atoms with Crippen LogP contribution in [-0.2, 0) is 0 Å². The van der Waals surface area contributed by atoms with Crippen LogP contribution in [0.1, 0.15) is 22.5 Å². The van der Waals surface area contributed by atoms with Crippen LogP contribution in [0.25, 0.3) is 10.2 Å². The molecule has 124 valence electrons. The summed E-state index contributed by atoms with van der Waals surface area (Å²) in [6.07, 6.45) is 3.53. The smallest absolute Gasteiger partial charge is 0.160 e. The minimum absolute atomic E-state index is 0.572. The molecule has 0 saturated carbocycles. The molecule has 3 fully saturated rings. The molecular formula is C17H24N4OS. The SMILES string of the molecule is CN.CN(c1ccc2cc(C=O)sc2n1)C1CN2CCC1CC2. The summed E-state index contributed by atoms with van der Waals surface area (Å²) in [7, 11) is 3.66. The van der Waals surface area contributed by atoms with E-state index in [1.54, 1.807) is 0 Å². The van der Waals surface area contributed by atoms with Crippen LogP contribution in [0.5, 0.6) is 0 Å². The third kappa shape index (κ3) is 3.11. The number of carbonyl (C=O) groups is 1. The number of fused-ring (bicyclic) bond motifs is 4. The highest BCUT2D eigenvalue weighted by Gasteiger charge is 2.36. The summed E-state index contributed by atoms with van der Waals surface area (Å²) >= 11 is 1.47. The maximum atomic E-state index is 10.9. The van der Waals surface area contributed by atoms with E-state index in [1.807, 2.05) is 6.07 Å². The van der Waals surface area contributed by atoms with Gasteiger partial charge in [-0.05, 0) is 57.1 Å². The Morgan fingerprint density at radius 2 is 2.09 bits per heavy atom. The fourth-order valence-corrected chi connectivity index (χ4v) is 4.57. The van der Waals surface area contributed by atoms with Crippen molar-refractivity contribution < 1.29 is 4.79 Å². The van der Waals surface area contributed by atoms with E-state index in [2.05, 4.69) is 34.7 Å². The molecule has 2 aromatic rings. The minimum Gasteiger partial charge on any atom is -0.355 e. The quantitative estimate of drug-likeness (QED) is 0.873. The van der Waals surface area contributed by atoms with Crippen LogP contribution in [0.4, 0.5) is 5.82 Å². The van der Waals surface area contributed by atoms with E-state index in [0.717, 1.165) is 39.7 Å². The molecule has 0 aliphatic carbocycles. The van der Waals surface area contributed by atoms with Crippen molar-refractivity contribution in [3.63, 3.8) is 0 Å². The summed E-state index contributed by atoms with van der Waals surface area (Å²) in [4.78, 5) is 22.3. The molecule has 0 amide bonds. The topological polar surface area (TPSA) is 62.5 Å². The molecule has 2 N–H and O–H groups in total. The van der Waals surface area contributed by atoms with E-state index in [4.69, 9.17) is 4.98 Å². The molecule has 5 heterocycles. The van der Waals surface area contributed by atoms with Crippen LogP contribution in [0, 0.1) is 5.92 Å². The second-order valence-corrected chi connectivity index (χ2v) is 7.21. The predicted octanol–water partition coefficient (Wildman–Crippen LogP) is 2.21. The van der Waals surface area contributed by atoms with Gasteiger partial charge >= 0.3 is 0 Å². The Balaban J connectivity index is 0.000000753. The zero-order chi connectivity index (χ0) is 16.4. The van der Waals surface area contributed by atoms with Crippen molar-refractivity contribution in [2.24, 2.45) is 11.7 Å². The molecule has 0 radical (unpaired) electrons. The lowest BCUT2D eigenvalue weighted by molar-refractivity contribution is 0.0871. The van der Waals surface area contributed by atoms with Crippen molar-refractivity contribution in [1.29, 1.82) is 0 Å². The Hall–Kier alpha value is -1.50. The zero-order valence-corrected chi connectivity index (χ0v) is 14.6. The lowest BCUT2D eigenvalue weighted by Gasteiger charge is -2.48. The monoisotopic (exact) mass is 332 g/mol. The Morgan fingerprint density at radius 3 is 2.70 bits per heavy atom. The Labute approximate surface area is 141 Å². The van der Waals surface area contributed by atoms with Crippen molar-refractivity contribution in [3.05, 3.63) is 23.1 Å². The third-order valence-electron chi connectivity index (χ3n) is 4.98. The first-order chi connectivity index (χ1) is 11.2. The predicted molar refractivity (Wildman–Crippen MR) is 96.5 cm³/mol. The molecule has 0 spiro atoms. The molecule has 5 rings (SSSR count). The van der Waals surface area contributed by atoms with Crippen molar-refractivity contribution in [2.45, 2.75) is 18.9 Å². The van der Waals surface area contributed by atoms with E-state index < -0.39 is 0 Å². The van der Waals surface area contributed by atoms with E-state index in [0.29, 0.717) is 6.04 Å². The van der Waals surface area contributed by atoms with Crippen molar-refractivity contribution in [2.75, 3.05) is 38.6 Å². The van der Waals surface area contributed by atoms with Gasteiger partial charge in [0.05, 0.1) is 4.88 Å². The number of rotatable bonds is 3. The summed E-state index contributed by atoms with van der Waals surface area (Å²) in [5.41, 5.74) is 4.50. The number of piperidine rings is 3. The normalized spacial score (nSPS) is 25.8. The van der Waals surface area contributed by atoms with Gasteiger partial charge in [-0.3, -0.25) is 4.79 Å². The highest BCUT2D eigenvalue weighted by Crippen LogP contribution is 2.33. The summed E-state index contributed by atoms with van der Waals surface area (Å²) in [5.74, 6) is 1.83. The number of aldehydes is 1. The van der Waals surface area contributed by atoms with Crippen molar-refractivity contribution in [1.82, 2.24) is 9.88 Å². The third-order valence-corrected chi connectivity index (χ3v) is 5.95. The maximum absolute atomic E-state index is 10.9. The number of hydrogen-bond acceptors (Lipinski definition) is 6. The molecule has 1 atom stereocenters. The number of thiophene rings is 1. The maximum Gasteiger partial charge on any atom is 0.160 e. The molecule has 3 aliphatic rings. The van der Waals surface area contributed by atoms with Crippen LogP contribution in [0.15, 0.2) is 18.2 Å². The molecule has 2 aromatic heterocycles. The van der Waals surface area contributed by atoms with Crippen molar-refractivity contribution in [3.8, 4) is 0 Å². The number of aromatic nitrogens is 1. The first kappa shape index (κ1) is 16.4. The highest BCUT2D eigenvalue weighted by molar-refractivity contribution is 7.20. The van der Waals surface area contributed by atoms with Gasteiger partial charge in [0.1, 0.15) is 10.6 Å². The molecule has 6 heteroatoms. The lowest BCUT2D eigenvalue weighted by Crippen LogP contribution is -2.56. The summed E-state index contributed by atoms with van der Waals surface area (Å²) in [5, 5.41) is 1.06. The largest absolute Gasteiger partial charge is 0.355 e. The molecule has 3 saturated heterocycles. The second-order valence-electron chi connectivity index (χ2n) is 6.15. The number of anilines is 1. The van der Waals surface area contributed by atoms with E-state index >= 15 is 0 Å².